The van der Waals surface area contributed by atoms with Gasteiger partial charge in [-0.15, -0.1) is 0 Å². The Morgan fingerprint density at radius 3 is 2.95 bits per heavy atom. The van der Waals surface area contributed by atoms with Crippen molar-refractivity contribution in [1.29, 1.82) is 0 Å². The molecule has 0 saturated carbocycles. The third-order valence-corrected chi connectivity index (χ3v) is 3.86. The number of carbonyl (C=O) groups is 1. The highest BCUT2D eigenvalue weighted by Crippen LogP contribution is 2.31. The van der Waals surface area contributed by atoms with E-state index in [2.05, 4.69) is 10.4 Å². The van der Waals surface area contributed by atoms with Crippen LogP contribution in [-0.4, -0.2) is 29.4 Å². The summed E-state index contributed by atoms with van der Waals surface area (Å²) in [6.07, 6.45) is 4.54. The van der Waals surface area contributed by atoms with Gasteiger partial charge in [-0.05, 0) is 43.5 Å². The molecule has 116 valence electrons. The third-order valence-electron chi connectivity index (χ3n) is 3.86. The van der Waals surface area contributed by atoms with Crippen LogP contribution in [0.15, 0.2) is 30.5 Å². The Labute approximate surface area is 128 Å². The van der Waals surface area contributed by atoms with Gasteiger partial charge in [0.1, 0.15) is 12.4 Å². The Kier molecular flexibility index (Phi) is 4.20. The van der Waals surface area contributed by atoms with Gasteiger partial charge in [-0.3, -0.25) is 4.79 Å². The SMILES string of the molecule is COCC(=O)NC1CCCc2c1cnn2-c1ccc(F)cc1. The van der Waals surface area contributed by atoms with E-state index in [4.69, 9.17) is 4.74 Å². The average molecular weight is 303 g/mol. The lowest BCUT2D eigenvalue weighted by Gasteiger charge is -2.24. The van der Waals surface area contributed by atoms with Crippen LogP contribution in [0.5, 0.6) is 0 Å². The van der Waals surface area contributed by atoms with Crippen molar-refractivity contribution in [3.63, 3.8) is 0 Å². The monoisotopic (exact) mass is 303 g/mol. The van der Waals surface area contributed by atoms with E-state index in [-0.39, 0.29) is 24.4 Å². The van der Waals surface area contributed by atoms with Crippen LogP contribution in [0, 0.1) is 5.82 Å². The number of halogens is 1. The molecule has 0 radical (unpaired) electrons. The lowest BCUT2D eigenvalue weighted by Crippen LogP contribution is -2.33. The molecule has 1 atom stereocenters. The molecule has 1 aliphatic rings. The van der Waals surface area contributed by atoms with Crippen LogP contribution in [-0.2, 0) is 16.0 Å². The second-order valence-electron chi connectivity index (χ2n) is 5.38. The molecular formula is C16H18FN3O2. The Morgan fingerprint density at radius 1 is 1.45 bits per heavy atom. The maximum Gasteiger partial charge on any atom is 0.246 e. The summed E-state index contributed by atoms with van der Waals surface area (Å²) in [6, 6.07) is 6.21. The van der Waals surface area contributed by atoms with E-state index in [1.54, 1.807) is 18.3 Å². The van der Waals surface area contributed by atoms with Crippen molar-refractivity contribution in [2.24, 2.45) is 0 Å². The van der Waals surface area contributed by atoms with Crippen molar-refractivity contribution in [2.45, 2.75) is 25.3 Å². The molecule has 2 aromatic rings. The van der Waals surface area contributed by atoms with Crippen LogP contribution >= 0.6 is 0 Å². The zero-order valence-corrected chi connectivity index (χ0v) is 12.4. The Bertz CT molecular complexity index is 667. The number of benzene rings is 1. The number of hydrogen-bond donors (Lipinski definition) is 1. The zero-order chi connectivity index (χ0) is 15.5. The number of nitrogens with one attached hydrogen (secondary N) is 1. The molecule has 1 aromatic carbocycles. The molecule has 0 aliphatic heterocycles. The van der Waals surface area contributed by atoms with Crippen LogP contribution in [0.1, 0.15) is 30.1 Å². The number of ether oxygens (including phenoxy) is 1. The molecule has 1 aliphatic carbocycles. The molecular weight excluding hydrogens is 285 g/mol. The van der Waals surface area contributed by atoms with E-state index in [0.29, 0.717) is 0 Å². The molecule has 0 fully saturated rings. The summed E-state index contributed by atoms with van der Waals surface area (Å²) < 4.78 is 19.7. The lowest BCUT2D eigenvalue weighted by molar-refractivity contribution is -0.125. The first kappa shape index (κ1) is 14.7. The first-order chi connectivity index (χ1) is 10.7. The van der Waals surface area contributed by atoms with E-state index in [1.165, 1.54) is 19.2 Å². The number of fused-ring (bicyclic) bond motifs is 1. The summed E-state index contributed by atoms with van der Waals surface area (Å²) in [6.45, 7) is 0.0535. The maximum atomic E-state index is 13.1. The molecule has 1 heterocycles. The molecule has 1 amide bonds. The van der Waals surface area contributed by atoms with Crippen molar-refractivity contribution in [2.75, 3.05) is 13.7 Å². The predicted molar refractivity (Wildman–Crippen MR) is 79.2 cm³/mol. The molecule has 3 rings (SSSR count). The van der Waals surface area contributed by atoms with Crippen molar-refractivity contribution in [1.82, 2.24) is 15.1 Å². The zero-order valence-electron chi connectivity index (χ0n) is 12.4. The number of hydrogen-bond acceptors (Lipinski definition) is 3. The molecule has 1 unspecified atom stereocenters. The second kappa shape index (κ2) is 6.27. The van der Waals surface area contributed by atoms with E-state index in [1.807, 2.05) is 4.68 Å². The molecule has 1 aromatic heterocycles. The quantitative estimate of drug-likeness (QED) is 0.941. The number of methoxy groups -OCH3 is 1. The largest absolute Gasteiger partial charge is 0.375 e. The fraction of sp³-hybridized carbons (Fsp3) is 0.375. The number of aromatic nitrogens is 2. The van der Waals surface area contributed by atoms with Gasteiger partial charge < -0.3 is 10.1 Å². The van der Waals surface area contributed by atoms with E-state index >= 15 is 0 Å². The standard InChI is InChI=1S/C16H18FN3O2/c1-22-10-16(21)19-14-3-2-4-15-13(14)9-18-20(15)12-7-5-11(17)6-8-12/h5-9,14H,2-4,10H2,1H3,(H,19,21). The summed E-state index contributed by atoms with van der Waals surface area (Å²) in [4.78, 5) is 11.7. The highest BCUT2D eigenvalue weighted by Gasteiger charge is 2.25. The maximum absolute atomic E-state index is 13.1. The summed E-state index contributed by atoms with van der Waals surface area (Å²) in [5.74, 6) is -0.399. The van der Waals surface area contributed by atoms with Crippen LogP contribution < -0.4 is 5.32 Å². The highest BCUT2D eigenvalue weighted by atomic mass is 19.1. The van der Waals surface area contributed by atoms with Crippen molar-refractivity contribution >= 4 is 5.91 Å². The van der Waals surface area contributed by atoms with Crippen molar-refractivity contribution in [3.05, 3.63) is 47.5 Å². The van der Waals surface area contributed by atoms with Gasteiger partial charge in [-0.25, -0.2) is 9.07 Å². The van der Waals surface area contributed by atoms with E-state index < -0.39 is 0 Å². The molecule has 6 heteroatoms. The van der Waals surface area contributed by atoms with E-state index in [0.717, 1.165) is 36.2 Å². The van der Waals surface area contributed by atoms with Gasteiger partial charge in [0, 0.05) is 18.4 Å². The lowest BCUT2D eigenvalue weighted by atomic mass is 9.93. The molecule has 1 N–H and O–H groups in total. The summed E-state index contributed by atoms with van der Waals surface area (Å²) in [5.41, 5.74) is 2.92. The normalized spacial score (nSPS) is 17.1. The topological polar surface area (TPSA) is 56.1 Å². The minimum atomic E-state index is -0.269. The number of carbonyl (C=O) groups excluding carboxylic acids is 1. The van der Waals surface area contributed by atoms with Gasteiger partial charge in [0.2, 0.25) is 5.91 Å². The molecule has 0 spiro atoms. The third kappa shape index (κ3) is 2.87. The number of rotatable bonds is 4. The minimum absolute atomic E-state index is 0.0411. The Hall–Kier alpha value is -2.21. The fourth-order valence-electron chi connectivity index (χ4n) is 2.88. The smallest absolute Gasteiger partial charge is 0.246 e. The van der Waals surface area contributed by atoms with Gasteiger partial charge in [-0.2, -0.15) is 5.10 Å². The van der Waals surface area contributed by atoms with Crippen molar-refractivity contribution < 1.29 is 13.9 Å². The molecule has 0 bridgehead atoms. The van der Waals surface area contributed by atoms with Gasteiger partial charge in [0.05, 0.1) is 17.9 Å². The van der Waals surface area contributed by atoms with Crippen LogP contribution in [0.3, 0.4) is 0 Å². The molecule has 0 saturated heterocycles. The first-order valence-corrected chi connectivity index (χ1v) is 7.30. The minimum Gasteiger partial charge on any atom is -0.375 e. The Balaban J connectivity index is 1.87. The molecule has 5 nitrogen and oxygen atoms in total. The summed E-state index contributed by atoms with van der Waals surface area (Å²) in [5, 5.41) is 7.39. The summed E-state index contributed by atoms with van der Waals surface area (Å²) >= 11 is 0. The van der Waals surface area contributed by atoms with Crippen molar-refractivity contribution in [3.8, 4) is 5.69 Å². The fourth-order valence-corrected chi connectivity index (χ4v) is 2.88. The molecule has 22 heavy (non-hydrogen) atoms. The Morgan fingerprint density at radius 2 is 2.23 bits per heavy atom. The second-order valence-corrected chi connectivity index (χ2v) is 5.38. The van der Waals surface area contributed by atoms with Gasteiger partial charge >= 0.3 is 0 Å². The van der Waals surface area contributed by atoms with Crippen LogP contribution in [0.25, 0.3) is 5.69 Å². The number of amides is 1. The summed E-state index contributed by atoms with van der Waals surface area (Å²) in [7, 11) is 1.50. The van der Waals surface area contributed by atoms with E-state index in [9.17, 15) is 9.18 Å². The predicted octanol–water partition coefficient (Wildman–Crippen LogP) is 2.15. The van der Waals surface area contributed by atoms with Gasteiger partial charge in [0.25, 0.3) is 0 Å². The number of nitrogens with zero attached hydrogens (tertiary/aromatic N) is 2. The average Bonchev–Trinajstić information content (AvgIpc) is 2.93. The van der Waals surface area contributed by atoms with Crippen LogP contribution in [0.2, 0.25) is 0 Å². The first-order valence-electron chi connectivity index (χ1n) is 7.30. The van der Waals surface area contributed by atoms with Crippen LogP contribution in [0.4, 0.5) is 4.39 Å². The highest BCUT2D eigenvalue weighted by molar-refractivity contribution is 5.77. The van der Waals surface area contributed by atoms with Gasteiger partial charge in [0.15, 0.2) is 0 Å². The van der Waals surface area contributed by atoms with Gasteiger partial charge in [-0.1, -0.05) is 0 Å².